The highest BCUT2D eigenvalue weighted by atomic mass is 79.9. The van der Waals surface area contributed by atoms with Gasteiger partial charge >= 0.3 is 0 Å². The lowest BCUT2D eigenvalue weighted by atomic mass is 9.85. The molecule has 5 heteroatoms. The van der Waals surface area contributed by atoms with Crippen molar-refractivity contribution in [1.29, 1.82) is 0 Å². The number of carbonyl (C=O) groups excluding carboxylic acids is 2. The molecule has 1 fully saturated rings. The molecule has 3 atom stereocenters. The van der Waals surface area contributed by atoms with Crippen molar-refractivity contribution in [2.75, 3.05) is 33.7 Å². The Morgan fingerprint density at radius 2 is 1.50 bits per heavy atom. The van der Waals surface area contributed by atoms with E-state index in [0.717, 1.165) is 23.9 Å². The van der Waals surface area contributed by atoms with E-state index < -0.39 is 0 Å². The Hall–Kier alpha value is -1.20. The number of quaternary nitrogens is 1. The second-order valence-electron chi connectivity index (χ2n) is 10.3. The van der Waals surface area contributed by atoms with Gasteiger partial charge < -0.3 is 21.5 Å². The van der Waals surface area contributed by atoms with Gasteiger partial charge in [-0.2, -0.15) is 0 Å². The van der Waals surface area contributed by atoms with Crippen LogP contribution in [-0.2, 0) is 9.59 Å². The maximum absolute atomic E-state index is 13.0. The quantitative estimate of drug-likeness (QED) is 0.220. The minimum Gasteiger partial charge on any atom is -1.00 e. The van der Waals surface area contributed by atoms with E-state index in [2.05, 4.69) is 40.1 Å². The Kier molecular flexibility index (Phi) is 12.7. The van der Waals surface area contributed by atoms with E-state index in [4.69, 9.17) is 0 Å². The van der Waals surface area contributed by atoms with Crippen LogP contribution >= 0.6 is 0 Å². The van der Waals surface area contributed by atoms with Crippen molar-refractivity contribution in [1.82, 2.24) is 4.90 Å². The van der Waals surface area contributed by atoms with Gasteiger partial charge in [-0.1, -0.05) is 76.8 Å². The highest BCUT2D eigenvalue weighted by Gasteiger charge is 2.45. The number of unbranched alkanes of at least 4 members (excludes halogenated alkanes) is 5. The van der Waals surface area contributed by atoms with Crippen LogP contribution in [0.2, 0.25) is 0 Å². The molecule has 1 aliphatic rings. The Morgan fingerprint density at radius 1 is 0.906 bits per heavy atom. The first-order valence-electron chi connectivity index (χ1n) is 12.5. The number of hydrogen-bond donors (Lipinski definition) is 0. The normalized spacial score (nSPS) is 19.8. The van der Waals surface area contributed by atoms with E-state index >= 15 is 0 Å². The molecule has 0 spiro atoms. The average molecular weight is 510 g/mol. The molecule has 0 aliphatic carbocycles. The molecule has 1 aromatic rings. The minimum absolute atomic E-state index is 0. The third-order valence-corrected chi connectivity index (χ3v) is 7.08. The lowest BCUT2D eigenvalue weighted by Gasteiger charge is -2.30. The van der Waals surface area contributed by atoms with Crippen molar-refractivity contribution in [3.63, 3.8) is 0 Å². The third-order valence-electron chi connectivity index (χ3n) is 7.08. The molecule has 2 amide bonds. The van der Waals surface area contributed by atoms with Crippen molar-refractivity contribution >= 4 is 11.8 Å². The molecule has 1 saturated heterocycles. The van der Waals surface area contributed by atoms with Gasteiger partial charge in [0.05, 0.1) is 33.1 Å². The molecular weight excluding hydrogens is 464 g/mol. The summed E-state index contributed by atoms with van der Waals surface area (Å²) in [6.07, 6.45) is 9.52. The van der Waals surface area contributed by atoms with Crippen LogP contribution in [0.4, 0.5) is 0 Å². The summed E-state index contributed by atoms with van der Waals surface area (Å²) in [5.74, 6) is -0.0473. The number of rotatable bonds is 14. The molecule has 32 heavy (non-hydrogen) atoms. The summed E-state index contributed by atoms with van der Waals surface area (Å²) in [7, 11) is 4.54. The van der Waals surface area contributed by atoms with E-state index in [1.807, 2.05) is 25.1 Å². The SMILES string of the molecule is CCCCCCCC[N+](C)(C)CCCN1C(=O)C(C)C(CC(C)c2ccccc2)C1=O.[Br-]. The number of amides is 2. The summed E-state index contributed by atoms with van der Waals surface area (Å²) < 4.78 is 0.966. The highest BCUT2D eigenvalue weighted by molar-refractivity contribution is 6.04. The molecule has 3 unspecified atom stereocenters. The first-order valence-corrected chi connectivity index (χ1v) is 12.5. The van der Waals surface area contributed by atoms with Gasteiger partial charge in [0.1, 0.15) is 0 Å². The Bertz CT molecular complexity index is 692. The Labute approximate surface area is 207 Å². The van der Waals surface area contributed by atoms with Crippen LogP contribution in [0.3, 0.4) is 0 Å². The monoisotopic (exact) mass is 508 g/mol. The lowest BCUT2D eigenvalue weighted by molar-refractivity contribution is -0.890. The number of imide groups is 1. The molecule has 0 aromatic heterocycles. The summed E-state index contributed by atoms with van der Waals surface area (Å²) in [5.41, 5.74) is 1.24. The highest BCUT2D eigenvalue weighted by Crippen LogP contribution is 2.34. The third kappa shape index (κ3) is 8.62. The Balaban J connectivity index is 0.00000512. The van der Waals surface area contributed by atoms with Crippen molar-refractivity contribution < 1.29 is 31.1 Å². The van der Waals surface area contributed by atoms with Gasteiger partial charge in [0, 0.05) is 18.9 Å². The molecule has 1 aliphatic heterocycles. The standard InChI is InChI=1S/C27H45N2O2.BrH/c1-6-7-8-9-10-14-19-29(4,5)20-15-18-28-26(30)23(3)25(27(28)31)21-22(2)24-16-12-11-13-17-24;/h11-13,16-17,22-23,25H,6-10,14-15,18-21H2,1-5H3;1H/q+1;/p-1. The van der Waals surface area contributed by atoms with Crippen LogP contribution in [0.5, 0.6) is 0 Å². The molecule has 2 rings (SSSR count). The molecule has 182 valence electrons. The molecular formula is C27H45BrN2O2. The smallest absolute Gasteiger partial charge is 0.233 e. The van der Waals surface area contributed by atoms with E-state index in [-0.39, 0.29) is 46.5 Å². The summed E-state index contributed by atoms with van der Waals surface area (Å²) in [5, 5.41) is 0. The number of hydrogen-bond acceptors (Lipinski definition) is 2. The number of carbonyl (C=O) groups is 2. The largest absolute Gasteiger partial charge is 1.00 e. The maximum Gasteiger partial charge on any atom is 0.233 e. The van der Waals surface area contributed by atoms with Crippen LogP contribution < -0.4 is 17.0 Å². The van der Waals surface area contributed by atoms with Gasteiger partial charge in [-0.05, 0) is 30.7 Å². The molecule has 1 aromatic carbocycles. The lowest BCUT2D eigenvalue weighted by Crippen LogP contribution is -3.00. The van der Waals surface area contributed by atoms with Crippen molar-refractivity contribution in [3.05, 3.63) is 35.9 Å². The van der Waals surface area contributed by atoms with E-state index in [9.17, 15) is 9.59 Å². The van der Waals surface area contributed by atoms with Crippen LogP contribution in [0.15, 0.2) is 30.3 Å². The predicted octanol–water partition coefficient (Wildman–Crippen LogP) is 2.63. The number of nitrogens with zero attached hydrogens (tertiary/aromatic N) is 2. The topological polar surface area (TPSA) is 37.4 Å². The number of halogens is 1. The summed E-state index contributed by atoms with van der Waals surface area (Å²) in [4.78, 5) is 27.4. The molecule has 0 saturated carbocycles. The molecule has 0 radical (unpaired) electrons. The summed E-state index contributed by atoms with van der Waals surface area (Å²) >= 11 is 0. The van der Waals surface area contributed by atoms with Crippen molar-refractivity contribution in [2.24, 2.45) is 11.8 Å². The Morgan fingerprint density at radius 3 is 2.16 bits per heavy atom. The van der Waals surface area contributed by atoms with Gasteiger partial charge in [0.2, 0.25) is 11.8 Å². The number of likely N-dealkylation sites (tertiary alicyclic amines) is 1. The molecule has 0 bridgehead atoms. The van der Waals surface area contributed by atoms with Crippen LogP contribution in [0.25, 0.3) is 0 Å². The zero-order valence-corrected chi connectivity index (χ0v) is 22.6. The fourth-order valence-corrected chi connectivity index (χ4v) is 4.85. The first-order chi connectivity index (χ1) is 14.8. The number of benzene rings is 1. The second kappa shape index (κ2) is 14.1. The summed E-state index contributed by atoms with van der Waals surface area (Å²) in [6, 6.07) is 10.3. The molecule has 1 heterocycles. The van der Waals surface area contributed by atoms with Crippen molar-refractivity contribution in [3.8, 4) is 0 Å². The van der Waals surface area contributed by atoms with Gasteiger partial charge in [-0.3, -0.25) is 14.5 Å². The molecule has 4 nitrogen and oxygen atoms in total. The van der Waals surface area contributed by atoms with Crippen LogP contribution in [-0.4, -0.2) is 54.9 Å². The fraction of sp³-hybridized carbons (Fsp3) is 0.704. The zero-order chi connectivity index (χ0) is 22.9. The fourth-order valence-electron chi connectivity index (χ4n) is 4.85. The summed E-state index contributed by atoms with van der Waals surface area (Å²) in [6.45, 7) is 9.08. The maximum atomic E-state index is 13.0. The van der Waals surface area contributed by atoms with Gasteiger partial charge in [-0.15, -0.1) is 0 Å². The van der Waals surface area contributed by atoms with Gasteiger partial charge in [0.25, 0.3) is 0 Å². The predicted molar refractivity (Wildman–Crippen MR) is 129 cm³/mol. The minimum atomic E-state index is -0.204. The van der Waals surface area contributed by atoms with Crippen molar-refractivity contribution in [2.45, 2.75) is 78.1 Å². The molecule has 0 N–H and O–H groups in total. The zero-order valence-electron chi connectivity index (χ0n) is 21.0. The van der Waals surface area contributed by atoms with Gasteiger partial charge in [0.15, 0.2) is 0 Å². The van der Waals surface area contributed by atoms with Crippen LogP contribution in [0, 0.1) is 11.8 Å². The van der Waals surface area contributed by atoms with Crippen LogP contribution in [0.1, 0.15) is 83.6 Å². The van der Waals surface area contributed by atoms with E-state index in [1.54, 1.807) is 4.90 Å². The van der Waals surface area contributed by atoms with E-state index in [1.165, 1.54) is 50.6 Å². The van der Waals surface area contributed by atoms with E-state index in [0.29, 0.717) is 6.54 Å². The van der Waals surface area contributed by atoms with Gasteiger partial charge in [-0.25, -0.2) is 0 Å². The average Bonchev–Trinajstić information content (AvgIpc) is 2.95. The second-order valence-corrected chi connectivity index (χ2v) is 10.3. The first kappa shape index (κ1) is 28.8.